The molecule has 3 rings (SSSR count). The van der Waals surface area contributed by atoms with Gasteiger partial charge in [-0.2, -0.15) is 8.78 Å². The van der Waals surface area contributed by atoms with Crippen LogP contribution >= 0.6 is 24.0 Å². The number of nitrogens with one attached hydrogen (secondary N) is 1. The second-order valence-corrected chi connectivity index (χ2v) is 7.50. The Kier molecular flexibility index (Phi) is 6.25. The third kappa shape index (κ3) is 3.89. The molecule has 162 valence electrons. The van der Waals surface area contributed by atoms with Crippen molar-refractivity contribution in [3.63, 3.8) is 0 Å². The zero-order valence-corrected chi connectivity index (χ0v) is 17.6. The molecular weight excluding hydrogens is 446 g/mol. The summed E-state index contributed by atoms with van der Waals surface area (Å²) in [7, 11) is 0. The molecule has 1 aliphatic rings. The number of anilines is 1. The van der Waals surface area contributed by atoms with E-state index in [0.717, 1.165) is 19.1 Å². The lowest BCUT2D eigenvalue weighted by atomic mass is 9.78. The Morgan fingerprint density at radius 1 is 1.17 bits per heavy atom. The highest BCUT2D eigenvalue weighted by atomic mass is 35.5. The Labute approximate surface area is 181 Å². The number of aliphatic imine (C=N–C) groups is 1. The van der Waals surface area contributed by atoms with Crippen LogP contribution in [0.5, 0.6) is 0 Å². The van der Waals surface area contributed by atoms with Crippen molar-refractivity contribution in [1.29, 1.82) is 0 Å². The van der Waals surface area contributed by atoms with Gasteiger partial charge in [-0.25, -0.2) is 9.38 Å². The van der Waals surface area contributed by atoms with Crippen molar-refractivity contribution < 1.29 is 22.7 Å². The molecule has 0 fully saturated rings. The van der Waals surface area contributed by atoms with Crippen LogP contribution in [0.1, 0.15) is 36.8 Å². The Hall–Kier alpha value is -2.59. The van der Waals surface area contributed by atoms with Crippen LogP contribution in [-0.2, 0) is 10.3 Å². The summed E-state index contributed by atoms with van der Waals surface area (Å²) in [6.07, 6.45) is 0. The van der Waals surface area contributed by atoms with Crippen molar-refractivity contribution in [3.05, 3.63) is 52.6 Å². The lowest BCUT2D eigenvalue weighted by Crippen LogP contribution is -2.62. The summed E-state index contributed by atoms with van der Waals surface area (Å²) in [6, 6.07) is 5.41. The van der Waals surface area contributed by atoms with Crippen LogP contribution in [0.4, 0.5) is 18.9 Å². The van der Waals surface area contributed by atoms with Crippen molar-refractivity contribution in [2.24, 2.45) is 10.7 Å². The molecule has 1 aromatic heterocycles. The van der Waals surface area contributed by atoms with Gasteiger partial charge in [-0.05, 0) is 51.1 Å². The summed E-state index contributed by atoms with van der Waals surface area (Å²) in [5, 5.41) is 9.72. The van der Waals surface area contributed by atoms with Crippen molar-refractivity contribution in [2.75, 3.05) is 5.32 Å². The van der Waals surface area contributed by atoms with E-state index in [1.165, 1.54) is 32.0 Å². The molecule has 2 aromatic rings. The number of hydrogen-bond donors (Lipinski definition) is 2. The first kappa shape index (κ1) is 23.7. The van der Waals surface area contributed by atoms with Crippen molar-refractivity contribution in [2.45, 2.75) is 37.8 Å². The van der Waals surface area contributed by atoms with Gasteiger partial charge in [-0.3, -0.25) is 4.79 Å². The average Bonchev–Trinajstić information content (AvgIpc) is 2.61. The lowest BCUT2D eigenvalue weighted by molar-refractivity contribution is -0.215. The van der Waals surface area contributed by atoms with Gasteiger partial charge in [0, 0.05) is 11.3 Å². The summed E-state index contributed by atoms with van der Waals surface area (Å²) in [5.41, 5.74) is 0.648. The largest absolute Gasteiger partial charge is 0.448 e. The van der Waals surface area contributed by atoms with Gasteiger partial charge in [-0.15, -0.1) is 22.6 Å². The number of hydrogen-bond acceptors (Lipinski definition) is 6. The van der Waals surface area contributed by atoms with E-state index in [0.29, 0.717) is 0 Å². The molecule has 1 aromatic carbocycles. The maximum Gasteiger partial charge on any atom is 0.315 e. The molecule has 0 spiro atoms. The molecule has 0 aliphatic carbocycles. The number of rotatable bonds is 3. The Morgan fingerprint density at radius 3 is 2.43 bits per heavy atom. The Balaban J connectivity index is 0.00000320. The normalized spacial score (nSPS) is 21.6. The first-order valence-electron chi connectivity index (χ1n) is 8.40. The highest BCUT2D eigenvalue weighted by Crippen LogP contribution is 2.51. The van der Waals surface area contributed by atoms with Crippen LogP contribution < -0.4 is 11.1 Å². The smallest absolute Gasteiger partial charge is 0.315 e. The zero-order valence-electron chi connectivity index (χ0n) is 16.0. The number of halogens is 5. The van der Waals surface area contributed by atoms with Crippen LogP contribution in [0.3, 0.4) is 0 Å². The minimum absolute atomic E-state index is 0. The fourth-order valence-corrected chi connectivity index (χ4v) is 3.15. The molecule has 7 nitrogen and oxygen atoms in total. The fraction of sp³-hybridized carbons (Fsp3) is 0.333. The molecule has 2 heterocycles. The van der Waals surface area contributed by atoms with Gasteiger partial charge in [0.25, 0.3) is 11.9 Å². The lowest BCUT2D eigenvalue weighted by Gasteiger charge is -2.47. The predicted octanol–water partition coefficient (Wildman–Crippen LogP) is 3.92. The minimum Gasteiger partial charge on any atom is -0.448 e. The Bertz CT molecular complexity index is 1000. The second-order valence-electron chi connectivity index (χ2n) is 7.11. The summed E-state index contributed by atoms with van der Waals surface area (Å²) in [6.45, 7) is 3.36. The van der Waals surface area contributed by atoms with Crippen LogP contribution in [0.2, 0.25) is 5.15 Å². The van der Waals surface area contributed by atoms with Crippen LogP contribution in [0.25, 0.3) is 0 Å². The van der Waals surface area contributed by atoms with Gasteiger partial charge < -0.3 is 15.8 Å². The highest BCUT2D eigenvalue weighted by Gasteiger charge is 2.66. The number of carbonyl (C=O) groups is 1. The van der Waals surface area contributed by atoms with Crippen molar-refractivity contribution in [1.82, 2.24) is 10.2 Å². The van der Waals surface area contributed by atoms with Gasteiger partial charge in [0.15, 0.2) is 10.8 Å². The summed E-state index contributed by atoms with van der Waals surface area (Å²) < 4.78 is 50.1. The van der Waals surface area contributed by atoms with E-state index in [-0.39, 0.29) is 28.9 Å². The standard InChI is InChI=1S/C18H17ClF3N5O2.ClH/c1-16(2)18(21,22)17(3,29-15(23)25-16)10-8-9(4-5-11(10)20)24-14(28)12-6-7-13(19)27-26-12;/h4-8H,1-3H3,(H2,23,25)(H,24,28);1H/t17-;/m1./s1. The van der Waals surface area contributed by atoms with Gasteiger partial charge in [0.05, 0.1) is 0 Å². The SMILES string of the molecule is CC1(C)N=C(N)O[C@](C)(c2cc(NC(=O)c3ccc(Cl)nn3)ccc2F)C1(F)F.Cl. The van der Waals surface area contributed by atoms with Crippen LogP contribution in [0, 0.1) is 5.82 Å². The maximum atomic E-state index is 15.2. The van der Waals surface area contributed by atoms with Crippen molar-refractivity contribution >= 4 is 41.6 Å². The number of nitrogens with zero attached hydrogens (tertiary/aromatic N) is 3. The van der Waals surface area contributed by atoms with E-state index in [4.69, 9.17) is 22.1 Å². The van der Waals surface area contributed by atoms with Gasteiger partial charge in [-0.1, -0.05) is 11.6 Å². The number of nitrogens with two attached hydrogens (primary N) is 1. The summed E-state index contributed by atoms with van der Waals surface area (Å²) in [4.78, 5) is 15.9. The second kappa shape index (κ2) is 7.92. The number of amidine groups is 1. The molecule has 30 heavy (non-hydrogen) atoms. The van der Waals surface area contributed by atoms with Crippen LogP contribution in [-0.4, -0.2) is 33.6 Å². The van der Waals surface area contributed by atoms with Crippen molar-refractivity contribution in [3.8, 4) is 0 Å². The molecule has 1 amide bonds. The zero-order chi connectivity index (χ0) is 21.6. The van der Waals surface area contributed by atoms with Gasteiger partial charge >= 0.3 is 5.92 Å². The Morgan fingerprint density at radius 2 is 1.83 bits per heavy atom. The number of ether oxygens (including phenoxy) is 1. The molecule has 0 saturated carbocycles. The molecule has 0 bridgehead atoms. The topological polar surface area (TPSA) is 102 Å². The van der Waals surface area contributed by atoms with Crippen LogP contribution in [0.15, 0.2) is 35.3 Å². The quantitative estimate of drug-likeness (QED) is 0.717. The molecule has 1 atom stereocenters. The number of benzene rings is 1. The van der Waals surface area contributed by atoms with E-state index in [2.05, 4.69) is 20.5 Å². The molecular formula is C18H18Cl2F3N5O2. The van der Waals surface area contributed by atoms with E-state index in [1.807, 2.05) is 0 Å². The molecule has 0 saturated heterocycles. The average molecular weight is 464 g/mol. The van der Waals surface area contributed by atoms with Gasteiger partial charge in [0.2, 0.25) is 5.60 Å². The van der Waals surface area contributed by atoms with E-state index >= 15 is 8.78 Å². The van der Waals surface area contributed by atoms with Gasteiger partial charge in [0.1, 0.15) is 11.4 Å². The predicted molar refractivity (Wildman–Crippen MR) is 108 cm³/mol. The van der Waals surface area contributed by atoms with E-state index in [1.54, 1.807) is 0 Å². The third-order valence-electron chi connectivity index (χ3n) is 4.67. The van der Waals surface area contributed by atoms with E-state index in [9.17, 15) is 9.18 Å². The molecule has 1 aliphatic heterocycles. The summed E-state index contributed by atoms with van der Waals surface area (Å²) >= 11 is 5.63. The molecule has 12 heteroatoms. The first-order chi connectivity index (χ1) is 13.4. The van der Waals surface area contributed by atoms with E-state index < -0.39 is 40.4 Å². The number of alkyl halides is 2. The molecule has 3 N–H and O–H groups in total. The summed E-state index contributed by atoms with van der Waals surface area (Å²) in [5.74, 6) is -5.27. The monoisotopic (exact) mass is 463 g/mol. The third-order valence-corrected chi connectivity index (χ3v) is 4.87. The number of carbonyl (C=O) groups excluding carboxylic acids is 1. The number of aromatic nitrogens is 2. The first-order valence-corrected chi connectivity index (χ1v) is 8.78. The molecule has 0 unspecified atom stereocenters. The molecule has 0 radical (unpaired) electrons. The fourth-order valence-electron chi connectivity index (χ4n) is 3.05. The minimum atomic E-state index is -3.63. The maximum absolute atomic E-state index is 15.2. The highest BCUT2D eigenvalue weighted by molar-refractivity contribution is 6.29. The number of amides is 1.